The summed E-state index contributed by atoms with van der Waals surface area (Å²) >= 11 is 5.81. The first-order valence-corrected chi connectivity index (χ1v) is 7.28. The van der Waals surface area contributed by atoms with Crippen LogP contribution in [0.3, 0.4) is 0 Å². The summed E-state index contributed by atoms with van der Waals surface area (Å²) in [4.78, 5) is 0. The lowest BCUT2D eigenvalue weighted by Crippen LogP contribution is -2.34. The van der Waals surface area contributed by atoms with Crippen molar-refractivity contribution in [1.82, 2.24) is 5.32 Å². The summed E-state index contributed by atoms with van der Waals surface area (Å²) in [6.07, 6.45) is 7.91. The summed E-state index contributed by atoms with van der Waals surface area (Å²) < 4.78 is 5.69. The molecule has 1 aliphatic rings. The number of hydrogen-bond acceptors (Lipinski definition) is 2. The summed E-state index contributed by atoms with van der Waals surface area (Å²) in [7, 11) is 0. The maximum absolute atomic E-state index is 5.81. The van der Waals surface area contributed by atoms with Gasteiger partial charge in [0, 0.05) is 19.0 Å². The van der Waals surface area contributed by atoms with E-state index in [2.05, 4.69) is 12.2 Å². The first-order chi connectivity index (χ1) is 7.86. The Morgan fingerprint density at radius 1 is 1.38 bits per heavy atom. The van der Waals surface area contributed by atoms with Crippen LogP contribution in [0.5, 0.6) is 0 Å². The zero-order valence-electron chi connectivity index (χ0n) is 10.5. The van der Waals surface area contributed by atoms with Crippen molar-refractivity contribution in [3.8, 4) is 0 Å². The molecule has 16 heavy (non-hydrogen) atoms. The fourth-order valence-corrected chi connectivity index (χ4v) is 2.64. The molecule has 0 radical (unpaired) electrons. The van der Waals surface area contributed by atoms with Crippen LogP contribution >= 0.6 is 11.6 Å². The van der Waals surface area contributed by atoms with E-state index in [1.165, 1.54) is 32.1 Å². The first kappa shape index (κ1) is 14.3. The highest BCUT2D eigenvalue weighted by molar-refractivity contribution is 6.17. The summed E-state index contributed by atoms with van der Waals surface area (Å²) in [5.41, 5.74) is 0. The number of rotatable bonds is 8. The Kier molecular flexibility index (Phi) is 8.26. The SMILES string of the molecule is CCCC(CCCl)CNCC1CCCCO1. The van der Waals surface area contributed by atoms with Gasteiger partial charge < -0.3 is 10.1 Å². The smallest absolute Gasteiger partial charge is 0.0699 e. The molecule has 96 valence electrons. The van der Waals surface area contributed by atoms with E-state index in [1.54, 1.807) is 0 Å². The molecule has 0 saturated carbocycles. The standard InChI is InChI=1S/C13H26ClNO/c1-2-5-12(7-8-14)10-15-11-13-6-3-4-9-16-13/h12-13,15H,2-11H2,1H3. The predicted octanol–water partition coefficient (Wildman–Crippen LogP) is 3.19. The van der Waals surface area contributed by atoms with Crippen molar-refractivity contribution in [2.45, 2.75) is 51.6 Å². The molecule has 1 heterocycles. The van der Waals surface area contributed by atoms with Gasteiger partial charge in [-0.05, 0) is 44.6 Å². The van der Waals surface area contributed by atoms with Gasteiger partial charge in [0.1, 0.15) is 0 Å². The molecule has 0 aliphatic carbocycles. The first-order valence-electron chi connectivity index (χ1n) is 6.75. The molecule has 0 aromatic carbocycles. The van der Waals surface area contributed by atoms with Gasteiger partial charge in [0.2, 0.25) is 0 Å². The Hall–Kier alpha value is 0.210. The third-order valence-electron chi connectivity index (χ3n) is 3.29. The predicted molar refractivity (Wildman–Crippen MR) is 70.2 cm³/mol. The van der Waals surface area contributed by atoms with Crippen LogP contribution in [0.1, 0.15) is 45.4 Å². The van der Waals surface area contributed by atoms with E-state index in [-0.39, 0.29) is 0 Å². The quantitative estimate of drug-likeness (QED) is 0.666. The lowest BCUT2D eigenvalue weighted by molar-refractivity contribution is 0.0164. The fourth-order valence-electron chi connectivity index (χ4n) is 2.33. The van der Waals surface area contributed by atoms with Crippen molar-refractivity contribution in [3.63, 3.8) is 0 Å². The van der Waals surface area contributed by atoms with Crippen molar-refractivity contribution in [2.24, 2.45) is 5.92 Å². The molecule has 0 spiro atoms. The highest BCUT2D eigenvalue weighted by atomic mass is 35.5. The minimum atomic E-state index is 0.451. The third-order valence-corrected chi connectivity index (χ3v) is 3.51. The Bertz CT molecular complexity index is 154. The van der Waals surface area contributed by atoms with Crippen LogP contribution in [0.25, 0.3) is 0 Å². The molecule has 0 bridgehead atoms. The second-order valence-corrected chi connectivity index (χ2v) is 5.16. The second-order valence-electron chi connectivity index (χ2n) is 4.78. The number of alkyl halides is 1. The molecule has 0 amide bonds. The molecule has 1 rings (SSSR count). The summed E-state index contributed by atoms with van der Waals surface area (Å²) in [5.74, 6) is 1.53. The van der Waals surface area contributed by atoms with Gasteiger partial charge in [-0.25, -0.2) is 0 Å². The van der Waals surface area contributed by atoms with Crippen molar-refractivity contribution >= 4 is 11.6 Å². The zero-order valence-corrected chi connectivity index (χ0v) is 11.3. The van der Waals surface area contributed by atoms with Gasteiger partial charge in [-0.2, -0.15) is 0 Å². The number of halogens is 1. The van der Waals surface area contributed by atoms with E-state index in [4.69, 9.17) is 16.3 Å². The molecule has 1 saturated heterocycles. The molecular weight excluding hydrogens is 222 g/mol. The van der Waals surface area contributed by atoms with Gasteiger partial charge in [0.25, 0.3) is 0 Å². The van der Waals surface area contributed by atoms with Gasteiger partial charge in [-0.15, -0.1) is 11.6 Å². The van der Waals surface area contributed by atoms with Crippen molar-refractivity contribution < 1.29 is 4.74 Å². The van der Waals surface area contributed by atoms with Crippen LogP contribution in [0.2, 0.25) is 0 Å². The lowest BCUT2D eigenvalue weighted by Gasteiger charge is -2.24. The molecule has 1 aliphatic heterocycles. The van der Waals surface area contributed by atoms with E-state index < -0.39 is 0 Å². The van der Waals surface area contributed by atoms with E-state index in [1.807, 2.05) is 0 Å². The van der Waals surface area contributed by atoms with Gasteiger partial charge >= 0.3 is 0 Å². The summed E-state index contributed by atoms with van der Waals surface area (Å²) in [6.45, 7) is 5.31. The van der Waals surface area contributed by atoms with Crippen molar-refractivity contribution in [1.29, 1.82) is 0 Å². The fraction of sp³-hybridized carbons (Fsp3) is 1.00. The topological polar surface area (TPSA) is 21.3 Å². The second kappa shape index (κ2) is 9.26. The van der Waals surface area contributed by atoms with Gasteiger partial charge in [0.15, 0.2) is 0 Å². The van der Waals surface area contributed by atoms with E-state index in [0.29, 0.717) is 6.10 Å². The number of nitrogens with one attached hydrogen (secondary N) is 1. The van der Waals surface area contributed by atoms with Crippen LogP contribution in [0, 0.1) is 5.92 Å². The monoisotopic (exact) mass is 247 g/mol. The average molecular weight is 248 g/mol. The van der Waals surface area contributed by atoms with Crippen LogP contribution in [-0.4, -0.2) is 31.7 Å². The van der Waals surface area contributed by atoms with Crippen LogP contribution in [-0.2, 0) is 4.74 Å². The highest BCUT2D eigenvalue weighted by Crippen LogP contribution is 2.13. The molecule has 2 unspecified atom stereocenters. The minimum absolute atomic E-state index is 0.451. The van der Waals surface area contributed by atoms with Gasteiger partial charge in [-0.1, -0.05) is 13.3 Å². The average Bonchev–Trinajstić information content (AvgIpc) is 2.31. The Morgan fingerprint density at radius 3 is 2.88 bits per heavy atom. The highest BCUT2D eigenvalue weighted by Gasteiger charge is 2.14. The molecule has 3 heteroatoms. The molecule has 0 aromatic heterocycles. The van der Waals surface area contributed by atoms with E-state index in [9.17, 15) is 0 Å². The van der Waals surface area contributed by atoms with Crippen molar-refractivity contribution in [3.05, 3.63) is 0 Å². The zero-order chi connectivity index (χ0) is 11.6. The maximum Gasteiger partial charge on any atom is 0.0699 e. The molecule has 2 nitrogen and oxygen atoms in total. The van der Waals surface area contributed by atoms with Crippen LogP contribution in [0.4, 0.5) is 0 Å². The van der Waals surface area contributed by atoms with E-state index >= 15 is 0 Å². The van der Waals surface area contributed by atoms with Gasteiger partial charge in [-0.3, -0.25) is 0 Å². The molecule has 1 N–H and O–H groups in total. The normalized spacial score (nSPS) is 23.2. The van der Waals surface area contributed by atoms with E-state index in [0.717, 1.165) is 37.9 Å². The Balaban J connectivity index is 2.06. The molecular formula is C13H26ClNO. The van der Waals surface area contributed by atoms with Crippen molar-refractivity contribution in [2.75, 3.05) is 25.6 Å². The molecule has 1 fully saturated rings. The van der Waals surface area contributed by atoms with Crippen LogP contribution in [0.15, 0.2) is 0 Å². The maximum atomic E-state index is 5.81. The number of hydrogen-bond donors (Lipinski definition) is 1. The largest absolute Gasteiger partial charge is 0.377 e. The Labute approximate surface area is 105 Å². The van der Waals surface area contributed by atoms with Gasteiger partial charge in [0.05, 0.1) is 6.10 Å². The Morgan fingerprint density at radius 2 is 2.25 bits per heavy atom. The summed E-state index contributed by atoms with van der Waals surface area (Å²) in [6, 6.07) is 0. The van der Waals surface area contributed by atoms with Crippen LogP contribution < -0.4 is 5.32 Å². The third kappa shape index (κ3) is 6.07. The lowest BCUT2D eigenvalue weighted by atomic mass is 10.0. The molecule has 0 aromatic rings. The summed E-state index contributed by atoms with van der Waals surface area (Å²) in [5, 5.41) is 3.54. The minimum Gasteiger partial charge on any atom is -0.377 e. The number of ether oxygens (including phenoxy) is 1. The molecule has 2 atom stereocenters.